The number of likely N-dealkylation sites (tertiary alicyclic amines) is 1. The smallest absolute Gasteiger partial charge is 0.225 e. The number of anilines is 1. The van der Waals surface area contributed by atoms with Gasteiger partial charge < -0.3 is 9.80 Å². The molecule has 3 unspecified atom stereocenters. The summed E-state index contributed by atoms with van der Waals surface area (Å²) in [5, 5.41) is 0. The zero-order valence-electron chi connectivity index (χ0n) is 19.7. The molecule has 0 saturated carbocycles. The molecule has 168 valence electrons. The van der Waals surface area contributed by atoms with E-state index in [0.717, 1.165) is 70.8 Å². The highest BCUT2D eigenvalue weighted by molar-refractivity contribution is 5.83. The van der Waals surface area contributed by atoms with Crippen LogP contribution in [0.5, 0.6) is 0 Å². The van der Waals surface area contributed by atoms with Crippen molar-refractivity contribution in [1.29, 1.82) is 0 Å². The topological polar surface area (TPSA) is 52.6 Å². The first kappa shape index (κ1) is 23.1. The molecule has 3 rings (SSSR count). The maximum atomic E-state index is 12.5. The highest BCUT2D eigenvalue weighted by atomic mass is 16.1. The molecule has 2 aliphatic heterocycles. The molecule has 6 nitrogen and oxygen atoms in total. The Kier molecular flexibility index (Phi) is 8.23. The Morgan fingerprint density at radius 3 is 2.13 bits per heavy atom. The quantitative estimate of drug-likeness (QED) is 0.646. The lowest BCUT2D eigenvalue weighted by Gasteiger charge is -2.45. The lowest BCUT2D eigenvalue weighted by Crippen LogP contribution is -2.58. The number of carbonyl (C=O) groups is 1. The fourth-order valence-electron chi connectivity index (χ4n) is 5.05. The number of aromatic nitrogens is 2. The minimum atomic E-state index is 0.205. The minimum Gasteiger partial charge on any atom is -0.332 e. The molecule has 0 bridgehead atoms. The average Bonchev–Trinajstić information content (AvgIpc) is 2.78. The lowest BCUT2D eigenvalue weighted by atomic mass is 9.85. The molecule has 2 saturated heterocycles. The van der Waals surface area contributed by atoms with Crippen LogP contribution in [-0.4, -0.2) is 70.9 Å². The molecule has 30 heavy (non-hydrogen) atoms. The first-order valence-electron chi connectivity index (χ1n) is 12.0. The molecule has 2 aliphatic rings. The summed E-state index contributed by atoms with van der Waals surface area (Å²) >= 11 is 0. The molecule has 0 N–H and O–H groups in total. The van der Waals surface area contributed by atoms with Crippen molar-refractivity contribution in [3.63, 3.8) is 0 Å². The molecule has 3 heterocycles. The number of hydrogen-bond acceptors (Lipinski definition) is 6. The lowest BCUT2D eigenvalue weighted by molar-refractivity contribution is -0.127. The van der Waals surface area contributed by atoms with Crippen LogP contribution in [0.3, 0.4) is 0 Å². The van der Waals surface area contributed by atoms with Crippen molar-refractivity contribution in [2.24, 2.45) is 11.8 Å². The van der Waals surface area contributed by atoms with Crippen molar-refractivity contribution in [1.82, 2.24) is 19.8 Å². The van der Waals surface area contributed by atoms with Gasteiger partial charge in [0.15, 0.2) is 0 Å². The number of hydrogen-bond donors (Lipinski definition) is 0. The Morgan fingerprint density at radius 1 is 1.07 bits per heavy atom. The molecule has 3 atom stereocenters. The number of nitrogens with zero attached hydrogens (tertiary/aromatic N) is 5. The summed E-state index contributed by atoms with van der Waals surface area (Å²) in [5.74, 6) is 1.80. The first-order chi connectivity index (χ1) is 14.5. The highest BCUT2D eigenvalue weighted by Gasteiger charge is 2.33. The van der Waals surface area contributed by atoms with Crippen molar-refractivity contribution in [3.05, 3.63) is 18.0 Å². The molecule has 6 heteroatoms. The number of carbonyl (C=O) groups excluding carboxylic acids is 1. The summed E-state index contributed by atoms with van der Waals surface area (Å²) in [5.41, 5.74) is 1.17. The third-order valence-electron chi connectivity index (χ3n) is 7.19. The summed E-state index contributed by atoms with van der Waals surface area (Å²) in [6.45, 7) is 13.7. The van der Waals surface area contributed by atoms with E-state index >= 15 is 0 Å². The van der Waals surface area contributed by atoms with Crippen LogP contribution in [0.4, 0.5) is 5.95 Å². The minimum absolute atomic E-state index is 0.205. The molecule has 2 fully saturated rings. The standard InChI is InChI=1S/C24H41N5O/c1-6-18(4)23(30)20-9-11-28(12-10-20)15-19-13-25-24(26-14-19)29-21(7-2)16-27(5)17-22(29)8-3/h13-14,18,20-22H,6-12,15-17H2,1-5H3. The number of Topliss-reactive ketones (excluding diaryl/α,β-unsaturated/α-hetero) is 1. The van der Waals surface area contributed by atoms with E-state index in [2.05, 4.69) is 49.4 Å². The maximum Gasteiger partial charge on any atom is 0.225 e. The summed E-state index contributed by atoms with van der Waals surface area (Å²) in [7, 11) is 2.21. The molecule has 0 aliphatic carbocycles. The van der Waals surface area contributed by atoms with Crippen LogP contribution >= 0.6 is 0 Å². The monoisotopic (exact) mass is 415 g/mol. The molecule has 0 spiro atoms. The van der Waals surface area contributed by atoms with Gasteiger partial charge in [0.2, 0.25) is 5.95 Å². The molecule has 0 radical (unpaired) electrons. The normalized spacial score (nSPS) is 25.4. The Hall–Kier alpha value is -1.53. The van der Waals surface area contributed by atoms with Crippen LogP contribution in [0.25, 0.3) is 0 Å². The zero-order chi connectivity index (χ0) is 21.7. The van der Waals surface area contributed by atoms with Gasteiger partial charge in [0.05, 0.1) is 0 Å². The van der Waals surface area contributed by atoms with Gasteiger partial charge in [0.25, 0.3) is 0 Å². The Labute approximate surface area is 183 Å². The summed E-state index contributed by atoms with van der Waals surface area (Å²) < 4.78 is 0. The summed E-state index contributed by atoms with van der Waals surface area (Å²) in [6, 6.07) is 0.947. The molecule has 1 aromatic rings. The Morgan fingerprint density at radius 2 is 1.63 bits per heavy atom. The van der Waals surface area contributed by atoms with Gasteiger partial charge in [-0.15, -0.1) is 0 Å². The van der Waals surface area contributed by atoms with Crippen molar-refractivity contribution in [3.8, 4) is 0 Å². The van der Waals surface area contributed by atoms with Gasteiger partial charge in [-0.05, 0) is 52.2 Å². The van der Waals surface area contributed by atoms with E-state index in [9.17, 15) is 4.79 Å². The predicted octanol–water partition coefficient (Wildman–Crippen LogP) is 3.61. The highest BCUT2D eigenvalue weighted by Crippen LogP contribution is 2.26. The van der Waals surface area contributed by atoms with Gasteiger partial charge in [-0.25, -0.2) is 9.97 Å². The van der Waals surface area contributed by atoms with Crippen molar-refractivity contribution >= 4 is 11.7 Å². The van der Waals surface area contributed by atoms with Gasteiger partial charge in [0, 0.05) is 61.5 Å². The van der Waals surface area contributed by atoms with Gasteiger partial charge >= 0.3 is 0 Å². The second-order valence-electron chi connectivity index (χ2n) is 9.41. The summed E-state index contributed by atoms with van der Waals surface area (Å²) in [6.07, 6.45) is 9.16. The van der Waals surface area contributed by atoms with E-state index in [1.165, 1.54) is 5.56 Å². The first-order valence-corrected chi connectivity index (χ1v) is 12.0. The van der Waals surface area contributed by atoms with Crippen LogP contribution in [0.2, 0.25) is 0 Å². The zero-order valence-corrected chi connectivity index (χ0v) is 19.7. The third kappa shape index (κ3) is 5.38. The maximum absolute atomic E-state index is 12.5. The van der Waals surface area contributed by atoms with Crippen molar-refractivity contribution in [2.45, 2.75) is 78.4 Å². The van der Waals surface area contributed by atoms with E-state index in [1.54, 1.807) is 0 Å². The second kappa shape index (κ2) is 10.7. The number of likely N-dealkylation sites (N-methyl/N-ethyl adjacent to an activating group) is 1. The van der Waals surface area contributed by atoms with Crippen LogP contribution in [-0.2, 0) is 11.3 Å². The Balaban J connectivity index is 1.58. The number of ketones is 1. The molecular weight excluding hydrogens is 374 g/mol. The molecule has 1 aromatic heterocycles. The van der Waals surface area contributed by atoms with E-state index in [-0.39, 0.29) is 11.8 Å². The third-order valence-corrected chi connectivity index (χ3v) is 7.19. The predicted molar refractivity (Wildman–Crippen MR) is 123 cm³/mol. The molecular formula is C24H41N5O. The fraction of sp³-hybridized carbons (Fsp3) is 0.792. The van der Waals surface area contributed by atoms with Crippen LogP contribution in [0.15, 0.2) is 12.4 Å². The van der Waals surface area contributed by atoms with Gasteiger partial charge in [0.1, 0.15) is 5.78 Å². The van der Waals surface area contributed by atoms with Crippen LogP contribution < -0.4 is 4.90 Å². The van der Waals surface area contributed by atoms with Crippen LogP contribution in [0.1, 0.15) is 65.4 Å². The van der Waals surface area contributed by atoms with Crippen molar-refractivity contribution in [2.75, 3.05) is 38.1 Å². The largest absolute Gasteiger partial charge is 0.332 e. The average molecular weight is 416 g/mol. The van der Waals surface area contributed by atoms with Crippen molar-refractivity contribution < 1.29 is 4.79 Å². The number of piperazine rings is 1. The van der Waals surface area contributed by atoms with E-state index in [4.69, 9.17) is 9.97 Å². The van der Waals surface area contributed by atoms with Gasteiger partial charge in [-0.3, -0.25) is 9.69 Å². The molecule has 0 amide bonds. The molecule has 0 aromatic carbocycles. The van der Waals surface area contributed by atoms with E-state index in [0.29, 0.717) is 17.9 Å². The van der Waals surface area contributed by atoms with E-state index < -0.39 is 0 Å². The second-order valence-corrected chi connectivity index (χ2v) is 9.41. The fourth-order valence-corrected chi connectivity index (χ4v) is 5.05. The summed E-state index contributed by atoms with van der Waals surface area (Å²) in [4.78, 5) is 29.4. The number of piperidine rings is 1. The SMILES string of the molecule is CCC(C)C(=O)C1CCN(Cc2cnc(N3C(CC)CN(C)CC3CC)nc2)CC1. The van der Waals surface area contributed by atoms with Crippen LogP contribution in [0, 0.1) is 11.8 Å². The van der Waals surface area contributed by atoms with Gasteiger partial charge in [-0.1, -0.05) is 27.7 Å². The Bertz CT molecular complexity index is 657. The van der Waals surface area contributed by atoms with Gasteiger partial charge in [-0.2, -0.15) is 0 Å². The van der Waals surface area contributed by atoms with E-state index in [1.807, 2.05) is 12.4 Å². The number of rotatable bonds is 8.